The molecule has 2 nitrogen and oxygen atoms in total. The average molecular weight is 241 g/mol. The largest absolute Gasteiger partial charge is 0.393 e. The summed E-state index contributed by atoms with van der Waals surface area (Å²) in [5.74, 6) is 0. The zero-order chi connectivity index (χ0) is 12.6. The van der Waals surface area contributed by atoms with Crippen LogP contribution in [0.3, 0.4) is 0 Å². The Morgan fingerprint density at radius 1 is 1.06 bits per heavy atom. The molecule has 1 rings (SSSR count). The van der Waals surface area contributed by atoms with Crippen LogP contribution in [0.1, 0.15) is 77.6 Å². The van der Waals surface area contributed by atoms with E-state index in [-0.39, 0.29) is 11.5 Å². The Morgan fingerprint density at radius 2 is 1.71 bits per heavy atom. The van der Waals surface area contributed by atoms with Gasteiger partial charge < -0.3 is 10.8 Å². The van der Waals surface area contributed by atoms with Gasteiger partial charge in [-0.25, -0.2) is 0 Å². The second kappa shape index (κ2) is 8.10. The lowest BCUT2D eigenvalue weighted by Gasteiger charge is -2.36. The summed E-state index contributed by atoms with van der Waals surface area (Å²) in [5, 5.41) is 10.5. The van der Waals surface area contributed by atoms with E-state index < -0.39 is 0 Å². The summed E-state index contributed by atoms with van der Waals surface area (Å²) in [5.41, 5.74) is 6.02. The highest BCUT2D eigenvalue weighted by Crippen LogP contribution is 2.38. The fraction of sp³-hybridized carbons (Fsp3) is 1.00. The lowest BCUT2D eigenvalue weighted by molar-refractivity contribution is 0.0105. The topological polar surface area (TPSA) is 46.2 Å². The molecular weight excluding hydrogens is 210 g/mol. The van der Waals surface area contributed by atoms with Gasteiger partial charge in [0.1, 0.15) is 0 Å². The van der Waals surface area contributed by atoms with E-state index in [2.05, 4.69) is 6.92 Å². The van der Waals surface area contributed by atoms with Gasteiger partial charge in [-0.15, -0.1) is 0 Å². The molecular formula is C15H31NO. The van der Waals surface area contributed by atoms with E-state index in [1.807, 2.05) is 0 Å². The van der Waals surface area contributed by atoms with Crippen molar-refractivity contribution in [3.8, 4) is 0 Å². The van der Waals surface area contributed by atoms with E-state index in [9.17, 15) is 5.11 Å². The molecule has 1 saturated carbocycles. The van der Waals surface area contributed by atoms with Crippen molar-refractivity contribution >= 4 is 0 Å². The van der Waals surface area contributed by atoms with Gasteiger partial charge in [-0.3, -0.25) is 0 Å². The van der Waals surface area contributed by atoms with E-state index in [0.717, 1.165) is 25.7 Å². The highest BCUT2D eigenvalue weighted by Gasteiger charge is 2.36. The SMILES string of the molecule is CCCCCCC(O)C1(CN)CCCCCC1. The van der Waals surface area contributed by atoms with Crippen LogP contribution in [0.4, 0.5) is 0 Å². The fourth-order valence-electron chi connectivity index (χ4n) is 3.18. The first kappa shape index (κ1) is 15.0. The number of unbranched alkanes of at least 4 members (excludes halogenated alkanes) is 3. The second-order valence-electron chi connectivity index (χ2n) is 5.85. The van der Waals surface area contributed by atoms with E-state index >= 15 is 0 Å². The Balaban J connectivity index is 2.40. The molecule has 0 aromatic rings. The number of nitrogens with two attached hydrogens (primary N) is 1. The van der Waals surface area contributed by atoms with E-state index in [4.69, 9.17) is 5.73 Å². The Bertz CT molecular complexity index is 185. The van der Waals surface area contributed by atoms with Crippen LogP contribution >= 0.6 is 0 Å². The third-order valence-corrected chi connectivity index (χ3v) is 4.54. The lowest BCUT2D eigenvalue weighted by Crippen LogP contribution is -2.41. The van der Waals surface area contributed by atoms with Crippen molar-refractivity contribution in [1.29, 1.82) is 0 Å². The van der Waals surface area contributed by atoms with Crippen molar-refractivity contribution in [3.05, 3.63) is 0 Å². The van der Waals surface area contributed by atoms with Gasteiger partial charge in [0.25, 0.3) is 0 Å². The monoisotopic (exact) mass is 241 g/mol. The molecule has 0 saturated heterocycles. The predicted octanol–water partition coefficient (Wildman–Crippen LogP) is 3.62. The molecule has 0 bridgehead atoms. The number of rotatable bonds is 7. The van der Waals surface area contributed by atoms with Crippen LogP contribution in [0, 0.1) is 5.41 Å². The molecule has 0 aliphatic heterocycles. The predicted molar refractivity (Wildman–Crippen MR) is 74.0 cm³/mol. The van der Waals surface area contributed by atoms with Gasteiger partial charge in [0.15, 0.2) is 0 Å². The fourth-order valence-corrected chi connectivity index (χ4v) is 3.18. The van der Waals surface area contributed by atoms with Gasteiger partial charge in [0.05, 0.1) is 6.10 Å². The van der Waals surface area contributed by atoms with Gasteiger partial charge in [-0.05, 0) is 19.3 Å². The smallest absolute Gasteiger partial charge is 0.0608 e. The molecule has 1 aliphatic rings. The number of aliphatic hydroxyl groups is 1. The highest BCUT2D eigenvalue weighted by molar-refractivity contribution is 4.89. The van der Waals surface area contributed by atoms with Gasteiger partial charge in [0.2, 0.25) is 0 Å². The van der Waals surface area contributed by atoms with Crippen LogP contribution in [0.2, 0.25) is 0 Å². The van der Waals surface area contributed by atoms with E-state index in [1.165, 1.54) is 44.9 Å². The Morgan fingerprint density at radius 3 is 2.24 bits per heavy atom. The van der Waals surface area contributed by atoms with Crippen LogP contribution in [0.25, 0.3) is 0 Å². The van der Waals surface area contributed by atoms with Gasteiger partial charge in [-0.1, -0.05) is 58.3 Å². The second-order valence-corrected chi connectivity index (χ2v) is 5.85. The summed E-state index contributed by atoms with van der Waals surface area (Å²) >= 11 is 0. The first-order valence-corrected chi connectivity index (χ1v) is 7.63. The molecule has 0 spiro atoms. The van der Waals surface area contributed by atoms with Crippen LogP contribution in [0.5, 0.6) is 0 Å². The molecule has 1 aliphatic carbocycles. The summed E-state index contributed by atoms with van der Waals surface area (Å²) < 4.78 is 0. The molecule has 1 unspecified atom stereocenters. The summed E-state index contributed by atoms with van der Waals surface area (Å²) in [6, 6.07) is 0. The molecule has 1 fully saturated rings. The standard InChI is InChI=1S/C15H31NO/c1-2-3-4-7-10-14(17)15(13-16)11-8-5-6-9-12-15/h14,17H,2-13,16H2,1H3. The molecule has 102 valence electrons. The van der Waals surface area contributed by atoms with Gasteiger partial charge in [-0.2, -0.15) is 0 Å². The molecule has 0 radical (unpaired) electrons. The third kappa shape index (κ3) is 4.59. The molecule has 1 atom stereocenters. The quantitative estimate of drug-likeness (QED) is 0.528. The molecule has 0 aromatic carbocycles. The molecule has 3 N–H and O–H groups in total. The number of aliphatic hydroxyl groups excluding tert-OH is 1. The number of hydrogen-bond acceptors (Lipinski definition) is 2. The first-order valence-electron chi connectivity index (χ1n) is 7.63. The van der Waals surface area contributed by atoms with Gasteiger partial charge >= 0.3 is 0 Å². The van der Waals surface area contributed by atoms with Crippen molar-refractivity contribution in [3.63, 3.8) is 0 Å². The number of hydrogen-bond donors (Lipinski definition) is 2. The molecule has 2 heteroatoms. The molecule has 0 heterocycles. The third-order valence-electron chi connectivity index (χ3n) is 4.54. The minimum Gasteiger partial charge on any atom is -0.393 e. The van der Waals surface area contributed by atoms with Crippen molar-refractivity contribution in [1.82, 2.24) is 0 Å². The van der Waals surface area contributed by atoms with Crippen molar-refractivity contribution in [2.24, 2.45) is 11.1 Å². The normalized spacial score (nSPS) is 22.1. The summed E-state index contributed by atoms with van der Waals surface area (Å²) in [7, 11) is 0. The molecule has 0 aromatic heterocycles. The average Bonchev–Trinajstić information content (AvgIpc) is 2.60. The minimum atomic E-state index is -0.164. The maximum Gasteiger partial charge on any atom is 0.0608 e. The summed E-state index contributed by atoms with van der Waals surface area (Å²) in [6.07, 6.45) is 13.2. The highest BCUT2D eigenvalue weighted by atomic mass is 16.3. The zero-order valence-electron chi connectivity index (χ0n) is 11.6. The van der Waals surface area contributed by atoms with Crippen LogP contribution in [-0.2, 0) is 0 Å². The van der Waals surface area contributed by atoms with E-state index in [1.54, 1.807) is 0 Å². The summed E-state index contributed by atoms with van der Waals surface area (Å²) in [6.45, 7) is 2.89. The Labute approximate surface area is 107 Å². The summed E-state index contributed by atoms with van der Waals surface area (Å²) in [4.78, 5) is 0. The van der Waals surface area contributed by atoms with Gasteiger partial charge in [0, 0.05) is 12.0 Å². The maximum atomic E-state index is 10.5. The van der Waals surface area contributed by atoms with Crippen molar-refractivity contribution < 1.29 is 5.11 Å². The van der Waals surface area contributed by atoms with Crippen LogP contribution in [-0.4, -0.2) is 17.8 Å². The zero-order valence-corrected chi connectivity index (χ0v) is 11.6. The first-order chi connectivity index (χ1) is 8.25. The minimum absolute atomic E-state index is 0.0444. The Kier molecular flexibility index (Phi) is 7.14. The Hall–Kier alpha value is -0.0800. The van der Waals surface area contributed by atoms with E-state index in [0.29, 0.717) is 6.54 Å². The van der Waals surface area contributed by atoms with Crippen LogP contribution < -0.4 is 5.73 Å². The van der Waals surface area contributed by atoms with Crippen LogP contribution in [0.15, 0.2) is 0 Å². The van der Waals surface area contributed by atoms with Crippen molar-refractivity contribution in [2.75, 3.05) is 6.54 Å². The lowest BCUT2D eigenvalue weighted by atomic mass is 9.74. The van der Waals surface area contributed by atoms with Crippen molar-refractivity contribution in [2.45, 2.75) is 83.7 Å². The molecule has 17 heavy (non-hydrogen) atoms. The maximum absolute atomic E-state index is 10.5. The molecule has 0 amide bonds.